The second kappa shape index (κ2) is 12.2. The summed E-state index contributed by atoms with van der Waals surface area (Å²) < 4.78 is 13.8. The largest absolute Gasteiger partial charge is 0.404 e. The van der Waals surface area contributed by atoms with Crippen molar-refractivity contribution in [3.05, 3.63) is 108 Å². The number of hydrogen-bond donors (Lipinski definition) is 0. The van der Waals surface area contributed by atoms with Gasteiger partial charge >= 0.3 is 0 Å². The summed E-state index contributed by atoms with van der Waals surface area (Å²) in [7, 11) is -2.54. The van der Waals surface area contributed by atoms with Crippen LogP contribution in [0.3, 0.4) is 0 Å². The van der Waals surface area contributed by atoms with Gasteiger partial charge in [0.25, 0.3) is 8.32 Å². The van der Waals surface area contributed by atoms with Crippen LogP contribution in [0.5, 0.6) is 0 Å². The monoisotopic (exact) mass is 526 g/mol. The van der Waals surface area contributed by atoms with Crippen LogP contribution in [-0.4, -0.2) is 27.1 Å². The predicted octanol–water partition coefficient (Wildman–Crippen LogP) is 7.72. The molecule has 1 saturated heterocycles. The number of aryl methyl sites for hydroxylation is 1. The van der Waals surface area contributed by atoms with Crippen molar-refractivity contribution >= 4 is 18.7 Å². The molecule has 3 aromatic rings. The minimum atomic E-state index is -2.54. The Kier molecular flexibility index (Phi) is 9.13. The maximum Gasteiger partial charge on any atom is 0.261 e. The van der Waals surface area contributed by atoms with Gasteiger partial charge in [0.1, 0.15) is 0 Å². The van der Waals surface area contributed by atoms with Gasteiger partial charge < -0.3 is 9.16 Å². The maximum atomic E-state index is 7.18. The summed E-state index contributed by atoms with van der Waals surface area (Å²) in [6.07, 6.45) is 6.91. The van der Waals surface area contributed by atoms with E-state index in [4.69, 9.17) is 9.16 Å². The molecule has 4 rings (SSSR count). The molecule has 1 heterocycles. The van der Waals surface area contributed by atoms with Crippen molar-refractivity contribution in [2.45, 2.75) is 84.5 Å². The molecular formula is C35H46O2Si. The van der Waals surface area contributed by atoms with E-state index in [9.17, 15) is 0 Å². The minimum Gasteiger partial charge on any atom is -0.404 e. The normalized spacial score (nSPS) is 20.0. The van der Waals surface area contributed by atoms with Crippen LogP contribution in [0.25, 0.3) is 0 Å². The summed E-state index contributed by atoms with van der Waals surface area (Å²) in [5.74, 6) is 0. The van der Waals surface area contributed by atoms with Crippen LogP contribution < -0.4 is 10.4 Å². The second-order valence-electron chi connectivity index (χ2n) is 12.9. The molecule has 0 radical (unpaired) electrons. The Hall–Kier alpha value is -2.46. The first-order valence-electron chi connectivity index (χ1n) is 14.2. The Morgan fingerprint density at radius 2 is 1.29 bits per heavy atom. The van der Waals surface area contributed by atoms with Gasteiger partial charge in [-0.15, -0.1) is 0 Å². The summed E-state index contributed by atoms with van der Waals surface area (Å²) >= 11 is 0. The second-order valence-corrected chi connectivity index (χ2v) is 17.2. The Balaban J connectivity index is 1.58. The van der Waals surface area contributed by atoms with Crippen LogP contribution in [0, 0.1) is 5.41 Å². The zero-order valence-corrected chi connectivity index (χ0v) is 25.2. The zero-order valence-electron chi connectivity index (χ0n) is 24.2. The fourth-order valence-electron chi connectivity index (χ4n) is 5.81. The van der Waals surface area contributed by atoms with Crippen LogP contribution in [0.1, 0.15) is 66.4 Å². The Morgan fingerprint density at radius 3 is 1.79 bits per heavy atom. The number of rotatable bonds is 8. The molecule has 2 atom stereocenters. The van der Waals surface area contributed by atoms with Gasteiger partial charge in [-0.2, -0.15) is 0 Å². The van der Waals surface area contributed by atoms with E-state index in [2.05, 4.69) is 139 Å². The van der Waals surface area contributed by atoms with E-state index in [1.807, 2.05) is 0 Å². The predicted molar refractivity (Wildman–Crippen MR) is 164 cm³/mol. The number of hydrogen-bond acceptors (Lipinski definition) is 2. The van der Waals surface area contributed by atoms with Gasteiger partial charge in [0.05, 0.1) is 18.8 Å². The molecule has 202 valence electrons. The lowest BCUT2D eigenvalue weighted by Gasteiger charge is -2.43. The molecule has 3 heteroatoms. The van der Waals surface area contributed by atoms with Gasteiger partial charge in [-0.1, -0.05) is 144 Å². The molecule has 3 aromatic carbocycles. The van der Waals surface area contributed by atoms with Crippen LogP contribution >= 0.6 is 0 Å². The lowest BCUT2D eigenvalue weighted by atomic mass is 9.81. The molecule has 0 amide bonds. The molecule has 0 N–H and O–H groups in total. The average Bonchev–Trinajstić information content (AvgIpc) is 2.90. The van der Waals surface area contributed by atoms with Gasteiger partial charge in [-0.05, 0) is 52.1 Å². The van der Waals surface area contributed by atoms with Gasteiger partial charge in [0.2, 0.25) is 0 Å². The highest BCUT2D eigenvalue weighted by Gasteiger charge is 2.50. The maximum absolute atomic E-state index is 7.18. The van der Waals surface area contributed by atoms with E-state index in [0.717, 1.165) is 25.7 Å². The first kappa shape index (κ1) is 28.5. The van der Waals surface area contributed by atoms with E-state index in [1.165, 1.54) is 21.5 Å². The molecule has 2 nitrogen and oxygen atoms in total. The third-order valence-electron chi connectivity index (χ3n) is 7.95. The quantitative estimate of drug-likeness (QED) is 0.221. The van der Waals surface area contributed by atoms with Gasteiger partial charge in [0.15, 0.2) is 0 Å². The fraction of sp³-hybridized carbons (Fsp3) is 0.429. The van der Waals surface area contributed by atoms with Crippen molar-refractivity contribution in [3.8, 4) is 0 Å². The molecule has 0 spiro atoms. The van der Waals surface area contributed by atoms with E-state index >= 15 is 0 Å². The van der Waals surface area contributed by atoms with Crippen LogP contribution in [-0.2, 0) is 15.6 Å². The Morgan fingerprint density at radius 1 is 0.763 bits per heavy atom. The third kappa shape index (κ3) is 6.75. The summed E-state index contributed by atoms with van der Waals surface area (Å²) in [6.45, 7) is 14.6. The zero-order chi connectivity index (χ0) is 27.2. The number of benzene rings is 3. The van der Waals surface area contributed by atoms with Crippen molar-refractivity contribution in [1.29, 1.82) is 0 Å². The molecule has 0 aliphatic carbocycles. The number of ether oxygens (including phenoxy) is 1. The van der Waals surface area contributed by atoms with Crippen molar-refractivity contribution in [2.24, 2.45) is 5.41 Å². The SMILES string of the molecule is CC(C)(C)[C@H]1C/C(=C/CO[Si](c2ccccc2)(c2ccccc2)C(C)(C)C)C[C@@H](CCc2ccccc2)O1. The highest BCUT2D eigenvalue weighted by molar-refractivity contribution is 6.99. The minimum absolute atomic E-state index is 0.0178. The lowest BCUT2D eigenvalue weighted by molar-refractivity contribution is -0.0848. The molecular weight excluding hydrogens is 480 g/mol. The smallest absolute Gasteiger partial charge is 0.261 e. The Bertz CT molecular complexity index is 1120. The molecule has 1 aliphatic heterocycles. The summed E-state index contributed by atoms with van der Waals surface area (Å²) in [5, 5.41) is 2.64. The van der Waals surface area contributed by atoms with E-state index in [1.54, 1.807) is 0 Å². The van der Waals surface area contributed by atoms with E-state index in [0.29, 0.717) is 6.61 Å². The summed E-state index contributed by atoms with van der Waals surface area (Å²) in [4.78, 5) is 0. The molecule has 0 saturated carbocycles. The van der Waals surface area contributed by atoms with Crippen LogP contribution in [0.4, 0.5) is 0 Å². The first-order valence-corrected chi connectivity index (χ1v) is 16.1. The highest BCUT2D eigenvalue weighted by atomic mass is 28.4. The molecule has 0 bridgehead atoms. The van der Waals surface area contributed by atoms with Crippen molar-refractivity contribution in [1.82, 2.24) is 0 Å². The van der Waals surface area contributed by atoms with Crippen molar-refractivity contribution in [3.63, 3.8) is 0 Å². The van der Waals surface area contributed by atoms with Gasteiger partial charge in [0, 0.05) is 0 Å². The highest BCUT2D eigenvalue weighted by Crippen LogP contribution is 2.38. The van der Waals surface area contributed by atoms with Crippen molar-refractivity contribution < 1.29 is 9.16 Å². The fourth-order valence-corrected chi connectivity index (χ4v) is 10.3. The summed E-state index contributed by atoms with van der Waals surface area (Å²) in [5.41, 5.74) is 2.96. The van der Waals surface area contributed by atoms with Crippen molar-refractivity contribution in [2.75, 3.05) is 6.61 Å². The van der Waals surface area contributed by atoms with Crippen LogP contribution in [0.15, 0.2) is 103 Å². The molecule has 1 fully saturated rings. The molecule has 38 heavy (non-hydrogen) atoms. The summed E-state index contributed by atoms with van der Waals surface area (Å²) in [6, 6.07) is 32.6. The third-order valence-corrected chi connectivity index (χ3v) is 13.0. The van der Waals surface area contributed by atoms with E-state index < -0.39 is 8.32 Å². The lowest BCUT2D eigenvalue weighted by Crippen LogP contribution is -2.66. The standard InChI is InChI=1S/C35H46O2Si/c1-34(2,3)33-27-29(26-30(37-33)23-22-28-16-10-7-11-17-28)24-25-36-38(35(4,5)6,31-18-12-8-13-19-31)32-20-14-9-15-21-32/h7-21,24,30,33H,22-23,25-27H2,1-6H3/b29-24+/t30-,33-/m1/s1. The molecule has 1 aliphatic rings. The topological polar surface area (TPSA) is 18.5 Å². The molecule has 0 unspecified atom stereocenters. The first-order chi connectivity index (χ1) is 18.1. The van der Waals surface area contributed by atoms with E-state index in [-0.39, 0.29) is 22.7 Å². The Labute approximate surface area is 232 Å². The van der Waals surface area contributed by atoms with Crippen LogP contribution in [0.2, 0.25) is 5.04 Å². The van der Waals surface area contributed by atoms with Gasteiger partial charge in [-0.3, -0.25) is 0 Å². The van der Waals surface area contributed by atoms with Gasteiger partial charge in [-0.25, -0.2) is 0 Å². The average molecular weight is 527 g/mol. The molecule has 0 aromatic heterocycles.